The molecule has 2 heterocycles. The first kappa shape index (κ1) is 24.1. The number of thiophene rings is 1. The van der Waals surface area contributed by atoms with Crippen LogP contribution >= 0.6 is 22.9 Å². The summed E-state index contributed by atoms with van der Waals surface area (Å²) in [6, 6.07) is 9.31. The number of ether oxygens (including phenoxy) is 1. The normalized spacial score (nSPS) is 17.1. The van der Waals surface area contributed by atoms with Crippen molar-refractivity contribution in [1.82, 2.24) is 9.80 Å². The molecule has 0 bridgehead atoms. The average Bonchev–Trinajstić information content (AvgIpc) is 3.21. The van der Waals surface area contributed by atoms with E-state index in [9.17, 15) is 9.90 Å². The summed E-state index contributed by atoms with van der Waals surface area (Å²) in [5, 5.41) is 12.9. The monoisotopic (exact) mass is 464 g/mol. The lowest BCUT2D eigenvalue weighted by Gasteiger charge is -2.37. The van der Waals surface area contributed by atoms with Crippen LogP contribution in [0.15, 0.2) is 35.7 Å². The molecule has 1 aromatic heterocycles. The summed E-state index contributed by atoms with van der Waals surface area (Å²) in [7, 11) is 0. The van der Waals surface area contributed by atoms with E-state index in [2.05, 4.69) is 30.2 Å². The van der Waals surface area contributed by atoms with Gasteiger partial charge in [-0.05, 0) is 60.0 Å². The molecule has 1 N–H and O–H groups in total. The molecule has 0 saturated carbocycles. The number of halogens is 1. The Morgan fingerprint density at radius 2 is 2.03 bits per heavy atom. The molecular formula is C24H33ClN2O3S. The second-order valence-electron chi connectivity index (χ2n) is 8.57. The number of rotatable bonds is 10. The van der Waals surface area contributed by atoms with Gasteiger partial charge in [0.25, 0.3) is 0 Å². The van der Waals surface area contributed by atoms with E-state index in [0.717, 1.165) is 18.7 Å². The summed E-state index contributed by atoms with van der Waals surface area (Å²) in [5.74, 6) is 1.25. The Labute approximate surface area is 194 Å². The fraction of sp³-hybridized carbons (Fsp3) is 0.542. The highest BCUT2D eigenvalue weighted by Gasteiger charge is 2.33. The van der Waals surface area contributed by atoms with Crippen LogP contribution in [0.2, 0.25) is 5.02 Å². The zero-order valence-electron chi connectivity index (χ0n) is 18.6. The van der Waals surface area contributed by atoms with Crippen molar-refractivity contribution in [3.05, 3.63) is 51.2 Å². The molecule has 1 aliphatic heterocycles. The van der Waals surface area contributed by atoms with Crippen LogP contribution in [0.4, 0.5) is 0 Å². The number of benzene rings is 1. The SMILES string of the molecule is CC[C@H](O)CN(CC(=O)N1CCc2sccc2[C@@H]1COc1ccc(Cl)cc1)CC(C)C. The largest absolute Gasteiger partial charge is 0.491 e. The van der Waals surface area contributed by atoms with Crippen molar-refractivity contribution in [2.75, 3.05) is 32.8 Å². The number of hydrogen-bond donors (Lipinski definition) is 1. The highest BCUT2D eigenvalue weighted by Crippen LogP contribution is 2.34. The van der Waals surface area contributed by atoms with E-state index in [0.29, 0.717) is 43.6 Å². The molecule has 2 atom stereocenters. The van der Waals surface area contributed by atoms with E-state index in [1.165, 1.54) is 10.4 Å². The Morgan fingerprint density at radius 1 is 1.29 bits per heavy atom. The Hall–Kier alpha value is -1.60. The van der Waals surface area contributed by atoms with Crippen molar-refractivity contribution in [2.24, 2.45) is 5.92 Å². The first-order valence-electron chi connectivity index (χ1n) is 11.0. The zero-order chi connectivity index (χ0) is 22.4. The fourth-order valence-electron chi connectivity index (χ4n) is 4.01. The van der Waals surface area contributed by atoms with Gasteiger partial charge >= 0.3 is 0 Å². The number of hydrogen-bond acceptors (Lipinski definition) is 5. The Morgan fingerprint density at radius 3 is 2.71 bits per heavy atom. The minimum atomic E-state index is -0.416. The van der Waals surface area contributed by atoms with Crippen LogP contribution in [0.5, 0.6) is 5.75 Å². The van der Waals surface area contributed by atoms with Crippen LogP contribution in [0.25, 0.3) is 0 Å². The molecule has 0 unspecified atom stereocenters. The number of carbonyl (C=O) groups is 1. The van der Waals surface area contributed by atoms with E-state index in [4.69, 9.17) is 16.3 Å². The van der Waals surface area contributed by atoms with Crippen molar-refractivity contribution in [2.45, 2.75) is 45.8 Å². The maximum atomic E-state index is 13.4. The lowest BCUT2D eigenvalue weighted by Crippen LogP contribution is -2.48. The molecule has 31 heavy (non-hydrogen) atoms. The molecule has 2 aromatic rings. The van der Waals surface area contributed by atoms with Crippen molar-refractivity contribution in [3.8, 4) is 5.75 Å². The molecule has 0 spiro atoms. The third-order valence-electron chi connectivity index (χ3n) is 5.56. The van der Waals surface area contributed by atoms with Gasteiger partial charge in [-0.2, -0.15) is 0 Å². The molecule has 1 amide bonds. The predicted molar refractivity (Wildman–Crippen MR) is 127 cm³/mol. The van der Waals surface area contributed by atoms with Gasteiger partial charge in [-0.1, -0.05) is 32.4 Å². The summed E-state index contributed by atoms with van der Waals surface area (Å²) in [6.45, 7) is 8.94. The highest BCUT2D eigenvalue weighted by atomic mass is 35.5. The molecule has 1 aromatic carbocycles. The number of carbonyl (C=O) groups excluding carboxylic acids is 1. The molecule has 0 radical (unpaired) electrons. The molecule has 0 aliphatic carbocycles. The van der Waals surface area contributed by atoms with Crippen molar-refractivity contribution >= 4 is 28.8 Å². The summed E-state index contributed by atoms with van der Waals surface area (Å²) in [5.41, 5.74) is 1.18. The Bertz CT molecular complexity index is 840. The molecule has 0 fully saturated rings. The summed E-state index contributed by atoms with van der Waals surface area (Å²) >= 11 is 7.72. The van der Waals surface area contributed by atoms with Gasteiger partial charge in [-0.15, -0.1) is 11.3 Å². The Kier molecular flexibility index (Phi) is 8.78. The van der Waals surface area contributed by atoms with Crippen molar-refractivity contribution < 1.29 is 14.6 Å². The van der Waals surface area contributed by atoms with E-state index in [1.807, 2.05) is 24.0 Å². The van der Waals surface area contributed by atoms with Gasteiger partial charge in [-0.25, -0.2) is 0 Å². The van der Waals surface area contributed by atoms with Gasteiger partial charge in [0.15, 0.2) is 0 Å². The number of aliphatic hydroxyl groups excluding tert-OH is 1. The van der Waals surface area contributed by atoms with Crippen LogP contribution in [-0.2, 0) is 11.2 Å². The highest BCUT2D eigenvalue weighted by molar-refractivity contribution is 7.10. The van der Waals surface area contributed by atoms with Gasteiger partial charge in [0.2, 0.25) is 5.91 Å². The lowest BCUT2D eigenvalue weighted by molar-refractivity contribution is -0.136. The van der Waals surface area contributed by atoms with Gasteiger partial charge < -0.3 is 14.7 Å². The minimum Gasteiger partial charge on any atom is -0.491 e. The summed E-state index contributed by atoms with van der Waals surface area (Å²) in [4.78, 5) is 18.8. The van der Waals surface area contributed by atoms with Gasteiger partial charge in [0, 0.05) is 29.5 Å². The van der Waals surface area contributed by atoms with Crippen LogP contribution in [0.1, 0.15) is 43.7 Å². The van der Waals surface area contributed by atoms with Crippen molar-refractivity contribution in [3.63, 3.8) is 0 Å². The van der Waals surface area contributed by atoms with E-state index in [-0.39, 0.29) is 11.9 Å². The zero-order valence-corrected chi connectivity index (χ0v) is 20.2. The third kappa shape index (κ3) is 6.69. The maximum absolute atomic E-state index is 13.4. The first-order valence-corrected chi connectivity index (χ1v) is 12.3. The fourth-order valence-corrected chi connectivity index (χ4v) is 5.06. The number of nitrogens with zero attached hydrogens (tertiary/aromatic N) is 2. The number of amides is 1. The number of aliphatic hydroxyl groups is 1. The van der Waals surface area contributed by atoms with E-state index < -0.39 is 6.10 Å². The third-order valence-corrected chi connectivity index (χ3v) is 6.81. The van der Waals surface area contributed by atoms with Gasteiger partial charge in [0.05, 0.1) is 18.7 Å². The Balaban J connectivity index is 1.73. The van der Waals surface area contributed by atoms with Crippen LogP contribution < -0.4 is 4.74 Å². The summed E-state index contributed by atoms with van der Waals surface area (Å²) < 4.78 is 6.06. The lowest BCUT2D eigenvalue weighted by atomic mass is 10.00. The summed E-state index contributed by atoms with van der Waals surface area (Å²) in [6.07, 6.45) is 1.14. The second kappa shape index (κ2) is 11.3. The van der Waals surface area contributed by atoms with Gasteiger partial charge in [0.1, 0.15) is 12.4 Å². The molecule has 3 rings (SSSR count). The van der Waals surface area contributed by atoms with E-state index in [1.54, 1.807) is 23.5 Å². The van der Waals surface area contributed by atoms with E-state index >= 15 is 0 Å². The van der Waals surface area contributed by atoms with Crippen LogP contribution in [0.3, 0.4) is 0 Å². The molecular weight excluding hydrogens is 432 g/mol. The number of fused-ring (bicyclic) bond motifs is 1. The molecule has 1 aliphatic rings. The molecule has 170 valence electrons. The smallest absolute Gasteiger partial charge is 0.237 e. The van der Waals surface area contributed by atoms with Gasteiger partial charge in [-0.3, -0.25) is 9.69 Å². The topological polar surface area (TPSA) is 53.0 Å². The average molecular weight is 465 g/mol. The predicted octanol–water partition coefficient (Wildman–Crippen LogP) is 4.64. The van der Waals surface area contributed by atoms with Crippen molar-refractivity contribution in [1.29, 1.82) is 0 Å². The standard InChI is InChI=1S/C24H33ClN2O3S/c1-4-19(28)14-26(13-17(2)3)15-24(29)27-11-9-23-21(10-12-31-23)22(27)16-30-20-7-5-18(25)6-8-20/h5-8,10,12,17,19,22,28H,4,9,11,13-16H2,1-3H3/t19-,22-/m0/s1. The first-order chi connectivity index (χ1) is 14.9. The molecule has 5 nitrogen and oxygen atoms in total. The molecule has 0 saturated heterocycles. The quantitative estimate of drug-likeness (QED) is 0.556. The van der Waals surface area contributed by atoms with Crippen LogP contribution in [0, 0.1) is 5.92 Å². The second-order valence-corrected chi connectivity index (χ2v) is 10.0. The minimum absolute atomic E-state index is 0.0884. The molecule has 7 heteroatoms. The van der Waals surface area contributed by atoms with Crippen LogP contribution in [-0.4, -0.2) is 59.7 Å². The maximum Gasteiger partial charge on any atom is 0.237 e.